The topological polar surface area (TPSA) is 92.4 Å². The highest BCUT2D eigenvalue weighted by atomic mass is 32.1. The molecule has 2 atom stereocenters. The van der Waals surface area contributed by atoms with Crippen molar-refractivity contribution in [3.63, 3.8) is 0 Å². The van der Waals surface area contributed by atoms with Crippen LogP contribution < -0.4 is 20.8 Å². The molecule has 178 valence electrons. The molecule has 5 N–H and O–H groups in total. The van der Waals surface area contributed by atoms with E-state index in [1.54, 1.807) is 0 Å². The third-order valence-corrected chi connectivity index (χ3v) is 13.6. The van der Waals surface area contributed by atoms with Crippen molar-refractivity contribution in [3.8, 4) is 5.75 Å². The molecule has 2 aromatic rings. The van der Waals surface area contributed by atoms with Gasteiger partial charge < -0.3 is 25.9 Å². The molecule has 2 bridgehead atoms. The van der Waals surface area contributed by atoms with Crippen LogP contribution in [-0.2, 0) is 0 Å². The Morgan fingerprint density at radius 3 is 2.67 bits per heavy atom. The maximum atomic E-state index is 11.3. The third-order valence-electron chi connectivity index (χ3n) is 8.07. The Bertz CT molecular complexity index is 1050. The van der Waals surface area contributed by atoms with Crippen LogP contribution in [0.3, 0.4) is 0 Å². The Balaban J connectivity index is 1.40. The molecule has 33 heavy (non-hydrogen) atoms. The lowest BCUT2D eigenvalue weighted by molar-refractivity contribution is -0.104. The number of nitrogens with two attached hydrogens (primary N) is 1. The van der Waals surface area contributed by atoms with Crippen LogP contribution in [0.1, 0.15) is 46.5 Å². The highest BCUT2D eigenvalue weighted by Gasteiger charge is 2.57. The van der Waals surface area contributed by atoms with Crippen molar-refractivity contribution in [1.29, 1.82) is 0 Å². The number of fused-ring (bicyclic) bond motifs is 4. The minimum atomic E-state index is -1.91. The molecule has 0 saturated heterocycles. The van der Waals surface area contributed by atoms with Crippen molar-refractivity contribution < 1.29 is 9.53 Å². The molecule has 3 fully saturated rings. The monoisotopic (exact) mass is 502 g/mol. The van der Waals surface area contributed by atoms with Gasteiger partial charge in [0.05, 0.1) is 23.7 Å². The van der Waals surface area contributed by atoms with Crippen LogP contribution in [0.15, 0.2) is 18.2 Å². The maximum Gasteiger partial charge on any atom is 0.250 e. The molecule has 10 heteroatoms. The molecule has 6 nitrogen and oxygen atoms in total. The molecule has 2 radical (unpaired) electrons. The van der Waals surface area contributed by atoms with E-state index in [2.05, 4.69) is 55.5 Å². The average molecular weight is 503 g/mol. The minimum Gasteiger partial charge on any atom is -0.543 e. The molecule has 2 unspecified atom stereocenters. The van der Waals surface area contributed by atoms with Gasteiger partial charge in [-0.25, -0.2) is 4.98 Å². The lowest BCUT2D eigenvalue weighted by atomic mass is 9.44. The predicted molar refractivity (Wildman–Crippen MR) is 145 cm³/mol. The number of aromatic nitrogens is 1. The van der Waals surface area contributed by atoms with Crippen molar-refractivity contribution >= 4 is 60.2 Å². The van der Waals surface area contributed by atoms with E-state index in [9.17, 15) is 5.11 Å². The summed E-state index contributed by atoms with van der Waals surface area (Å²) in [4.78, 5) is 4.64. The van der Waals surface area contributed by atoms with E-state index in [-0.39, 0.29) is 17.5 Å². The smallest absolute Gasteiger partial charge is 0.250 e. The number of thiocarbonyl (C=S) groups is 1. The summed E-state index contributed by atoms with van der Waals surface area (Å²) in [5.74, 6) is 1.03. The zero-order valence-corrected chi connectivity index (χ0v) is 22.8. The Morgan fingerprint density at radius 2 is 2.03 bits per heavy atom. The lowest BCUT2D eigenvalue weighted by Gasteiger charge is -2.59. The summed E-state index contributed by atoms with van der Waals surface area (Å²) in [6, 6.07) is 5.56. The summed E-state index contributed by atoms with van der Waals surface area (Å²) in [6.45, 7) is 11.5. The first kappa shape index (κ1) is 24.9. The number of benzene rings is 1. The first-order valence-corrected chi connectivity index (χ1v) is 15.8. The summed E-state index contributed by atoms with van der Waals surface area (Å²) in [5, 5.41) is 18.4. The number of hydrogen-bond acceptors (Lipinski definition) is 6. The fourth-order valence-electron chi connectivity index (χ4n) is 4.80. The first-order chi connectivity index (χ1) is 15.2. The molecular formula is C23H35BN4O2S2Si. The van der Waals surface area contributed by atoms with Crippen LogP contribution >= 0.6 is 23.6 Å². The molecule has 0 amide bonds. The van der Waals surface area contributed by atoms with Crippen LogP contribution in [0.25, 0.3) is 10.2 Å². The lowest BCUT2D eigenvalue weighted by Crippen LogP contribution is -2.68. The van der Waals surface area contributed by atoms with Gasteiger partial charge in [0.2, 0.25) is 8.32 Å². The number of nitrogens with zero attached hydrogens (tertiary/aromatic N) is 1. The van der Waals surface area contributed by atoms with Gasteiger partial charge in [-0.3, -0.25) is 0 Å². The van der Waals surface area contributed by atoms with Gasteiger partial charge in [-0.05, 0) is 72.6 Å². The van der Waals surface area contributed by atoms with E-state index in [0.717, 1.165) is 41.6 Å². The van der Waals surface area contributed by atoms with Gasteiger partial charge in [-0.2, -0.15) is 0 Å². The Morgan fingerprint density at radius 1 is 1.36 bits per heavy atom. The van der Waals surface area contributed by atoms with Gasteiger partial charge in [0, 0.05) is 12.6 Å². The van der Waals surface area contributed by atoms with Crippen molar-refractivity contribution in [2.24, 2.45) is 11.7 Å². The number of nitrogens with one attached hydrogen (secondary N) is 2. The third kappa shape index (κ3) is 4.69. The normalized spacial score (nSPS) is 29.8. The Labute approximate surface area is 208 Å². The molecule has 3 saturated carbocycles. The Kier molecular flexibility index (Phi) is 6.40. The van der Waals surface area contributed by atoms with Crippen molar-refractivity contribution in [2.45, 2.75) is 81.5 Å². The molecule has 3 aliphatic rings. The SMILES string of the molecule is [B]C12CCC(CC1)C(O)(CNC(=S)Nc1nc3ccc(O[Si](C)(C)C(C)(C)C)cc3s1)C2N. The number of thiazole rings is 1. The van der Waals surface area contributed by atoms with E-state index in [4.69, 9.17) is 30.2 Å². The second-order valence-corrected chi connectivity index (χ2v) is 17.5. The fourth-order valence-corrected chi connectivity index (χ4v) is 6.96. The molecule has 1 aromatic heterocycles. The van der Waals surface area contributed by atoms with Crippen LogP contribution in [0.4, 0.5) is 5.13 Å². The number of anilines is 1. The highest BCUT2D eigenvalue weighted by molar-refractivity contribution is 7.80. The maximum absolute atomic E-state index is 11.3. The van der Waals surface area contributed by atoms with Crippen LogP contribution in [0.2, 0.25) is 23.4 Å². The van der Waals surface area contributed by atoms with E-state index in [1.165, 1.54) is 11.3 Å². The molecule has 3 aliphatic carbocycles. The number of rotatable bonds is 5. The molecule has 0 aliphatic heterocycles. The van der Waals surface area contributed by atoms with Crippen LogP contribution in [-0.4, -0.2) is 49.6 Å². The van der Waals surface area contributed by atoms with Gasteiger partial charge in [0.25, 0.3) is 0 Å². The minimum absolute atomic E-state index is 0.133. The van der Waals surface area contributed by atoms with Crippen LogP contribution in [0.5, 0.6) is 5.75 Å². The number of hydrogen-bond donors (Lipinski definition) is 4. The molecule has 0 spiro atoms. The second-order valence-electron chi connectivity index (χ2n) is 11.3. The van der Waals surface area contributed by atoms with Crippen LogP contribution in [0, 0.1) is 5.92 Å². The summed E-state index contributed by atoms with van der Waals surface area (Å²) >= 11 is 7.02. The second kappa shape index (κ2) is 8.48. The molecular weight excluding hydrogens is 467 g/mol. The van der Waals surface area contributed by atoms with Crippen molar-refractivity contribution in [3.05, 3.63) is 18.2 Å². The fraction of sp³-hybridized carbons (Fsp3) is 0.652. The van der Waals surface area contributed by atoms with E-state index >= 15 is 0 Å². The standard InChI is InChI=1S/C23H35BN4O2S2Si/c1-21(2,3)33(4,5)30-15-6-7-16-17(12-15)32-20(27-16)28-19(31)26-13-23(29)14-8-10-22(24,11-9-14)18(23)25/h6-7,12,14,18,29H,8-11,13,25H2,1-5H3,(H2,26,27,28,31). The van der Waals surface area contributed by atoms with E-state index < -0.39 is 25.3 Å². The molecule has 1 aromatic carbocycles. The largest absolute Gasteiger partial charge is 0.543 e. The van der Waals surface area contributed by atoms with Gasteiger partial charge in [0.15, 0.2) is 10.2 Å². The van der Waals surface area contributed by atoms with E-state index in [1.807, 2.05) is 12.1 Å². The van der Waals surface area contributed by atoms with Crippen molar-refractivity contribution in [2.75, 3.05) is 11.9 Å². The summed E-state index contributed by atoms with van der Waals surface area (Å²) in [6.07, 6.45) is 3.55. The van der Waals surface area contributed by atoms with Gasteiger partial charge in [-0.15, -0.1) is 0 Å². The van der Waals surface area contributed by atoms with Crippen molar-refractivity contribution in [1.82, 2.24) is 10.3 Å². The quantitative estimate of drug-likeness (QED) is 0.352. The average Bonchev–Trinajstić information content (AvgIpc) is 3.11. The zero-order valence-electron chi connectivity index (χ0n) is 20.2. The zero-order chi connectivity index (χ0) is 24.2. The van der Waals surface area contributed by atoms with Gasteiger partial charge in [0.1, 0.15) is 5.75 Å². The van der Waals surface area contributed by atoms with Gasteiger partial charge in [-0.1, -0.05) is 44.9 Å². The Hall–Kier alpha value is -1.20. The van der Waals surface area contributed by atoms with Gasteiger partial charge >= 0.3 is 0 Å². The number of aliphatic hydroxyl groups is 1. The first-order valence-electron chi connectivity index (χ1n) is 11.6. The molecule has 5 rings (SSSR count). The predicted octanol–water partition coefficient (Wildman–Crippen LogP) is 4.56. The highest BCUT2D eigenvalue weighted by Crippen LogP contribution is 2.56. The molecule has 1 heterocycles. The summed E-state index contributed by atoms with van der Waals surface area (Å²) < 4.78 is 7.47. The summed E-state index contributed by atoms with van der Waals surface area (Å²) in [7, 11) is 4.58. The van der Waals surface area contributed by atoms with E-state index in [0.29, 0.717) is 10.2 Å². The summed E-state index contributed by atoms with van der Waals surface area (Å²) in [5.41, 5.74) is 6.25.